The van der Waals surface area contributed by atoms with Crippen molar-refractivity contribution in [3.05, 3.63) is 35.5 Å². The highest BCUT2D eigenvalue weighted by Gasteiger charge is 2.14. The van der Waals surface area contributed by atoms with Crippen molar-refractivity contribution in [3.8, 4) is 11.3 Å². The largest absolute Gasteiger partial charge is 0.368 e. The summed E-state index contributed by atoms with van der Waals surface area (Å²) in [5, 5.41) is 5.58. The Bertz CT molecular complexity index is 699. The van der Waals surface area contributed by atoms with Crippen LogP contribution in [0.5, 0.6) is 0 Å². The van der Waals surface area contributed by atoms with Crippen LogP contribution in [-0.4, -0.2) is 9.72 Å². The van der Waals surface area contributed by atoms with E-state index in [1.54, 1.807) is 6.07 Å². The second-order valence-corrected chi connectivity index (χ2v) is 4.31. The average molecular weight is 248 g/mol. The zero-order chi connectivity index (χ0) is 12.0. The number of halogens is 1. The average Bonchev–Trinajstić information content (AvgIpc) is 2.85. The first-order valence-corrected chi connectivity index (χ1v) is 5.50. The Morgan fingerprint density at radius 2 is 2.24 bits per heavy atom. The molecule has 0 radical (unpaired) electrons. The summed E-state index contributed by atoms with van der Waals surface area (Å²) in [6, 6.07) is 7.48. The first kappa shape index (κ1) is 10.2. The summed E-state index contributed by atoms with van der Waals surface area (Å²) in [4.78, 5) is 0. The summed E-state index contributed by atoms with van der Waals surface area (Å²) in [5.41, 5.74) is 8.21. The highest BCUT2D eigenvalue weighted by Crippen LogP contribution is 2.34. The van der Waals surface area contributed by atoms with E-state index in [-0.39, 0.29) is 0 Å². The van der Waals surface area contributed by atoms with Crippen LogP contribution >= 0.6 is 11.6 Å². The fourth-order valence-corrected chi connectivity index (χ4v) is 2.28. The maximum Gasteiger partial charge on any atom is 0.222 e. The van der Waals surface area contributed by atoms with Crippen molar-refractivity contribution in [1.82, 2.24) is 9.72 Å². The van der Waals surface area contributed by atoms with Crippen LogP contribution in [-0.2, 0) is 7.05 Å². The van der Waals surface area contributed by atoms with Gasteiger partial charge in [-0.2, -0.15) is 0 Å². The molecule has 3 rings (SSSR count). The van der Waals surface area contributed by atoms with Crippen molar-refractivity contribution < 1.29 is 4.52 Å². The van der Waals surface area contributed by atoms with Crippen molar-refractivity contribution >= 4 is 28.4 Å². The van der Waals surface area contributed by atoms with E-state index in [1.165, 1.54) is 0 Å². The third-order valence-electron chi connectivity index (χ3n) is 2.77. The Hall–Kier alpha value is -1.94. The molecule has 0 saturated carbocycles. The van der Waals surface area contributed by atoms with E-state index in [1.807, 2.05) is 36.0 Å². The molecule has 0 saturated heterocycles. The van der Waals surface area contributed by atoms with Crippen LogP contribution in [0.2, 0.25) is 5.02 Å². The molecular formula is C12H10ClN3O. The minimum absolute atomic E-state index is 0.295. The van der Waals surface area contributed by atoms with Crippen LogP contribution in [0, 0.1) is 0 Å². The maximum atomic E-state index is 6.23. The number of benzene rings is 1. The smallest absolute Gasteiger partial charge is 0.222 e. The molecule has 17 heavy (non-hydrogen) atoms. The Morgan fingerprint density at radius 3 is 2.94 bits per heavy atom. The molecule has 0 amide bonds. The third-order valence-corrected chi connectivity index (χ3v) is 3.08. The molecule has 0 atom stereocenters. The van der Waals surface area contributed by atoms with Crippen molar-refractivity contribution in [2.45, 2.75) is 0 Å². The van der Waals surface area contributed by atoms with Gasteiger partial charge in [-0.15, -0.1) is 0 Å². The van der Waals surface area contributed by atoms with Gasteiger partial charge in [-0.1, -0.05) is 22.8 Å². The van der Waals surface area contributed by atoms with Crippen LogP contribution in [0.4, 0.5) is 5.88 Å². The van der Waals surface area contributed by atoms with Gasteiger partial charge < -0.3 is 14.8 Å². The lowest BCUT2D eigenvalue weighted by atomic mass is 10.1. The molecule has 0 fully saturated rings. The molecule has 0 unspecified atom stereocenters. The number of hydrogen-bond donors (Lipinski definition) is 1. The Labute approximate surface area is 103 Å². The van der Waals surface area contributed by atoms with Crippen LogP contribution in [0.1, 0.15) is 0 Å². The minimum Gasteiger partial charge on any atom is -0.368 e. The highest BCUT2D eigenvalue weighted by molar-refractivity contribution is 6.36. The molecule has 86 valence electrons. The van der Waals surface area contributed by atoms with Crippen LogP contribution < -0.4 is 5.73 Å². The standard InChI is InChI=1S/C12H10ClN3O/c1-16-6-7(9-5-11(14)17-15-9)12-8(13)3-2-4-10(12)16/h2-6H,14H2,1H3. The molecule has 4 nitrogen and oxygen atoms in total. The molecule has 1 aromatic carbocycles. The second kappa shape index (κ2) is 3.53. The molecule has 0 aliphatic carbocycles. The van der Waals surface area contributed by atoms with E-state index in [9.17, 15) is 0 Å². The zero-order valence-corrected chi connectivity index (χ0v) is 9.90. The van der Waals surface area contributed by atoms with Crippen molar-refractivity contribution in [3.63, 3.8) is 0 Å². The van der Waals surface area contributed by atoms with Crippen LogP contribution in [0.25, 0.3) is 22.2 Å². The first-order chi connectivity index (χ1) is 8.16. The molecule has 0 bridgehead atoms. The van der Waals surface area contributed by atoms with E-state index in [4.69, 9.17) is 21.9 Å². The molecule has 0 spiro atoms. The molecule has 3 aromatic rings. The summed E-state index contributed by atoms with van der Waals surface area (Å²) < 4.78 is 6.89. The summed E-state index contributed by atoms with van der Waals surface area (Å²) in [6.07, 6.45) is 1.97. The summed E-state index contributed by atoms with van der Waals surface area (Å²) >= 11 is 6.23. The lowest BCUT2D eigenvalue weighted by molar-refractivity contribution is 0.439. The van der Waals surface area contributed by atoms with Crippen LogP contribution in [0.15, 0.2) is 35.0 Å². The number of anilines is 1. The summed E-state index contributed by atoms with van der Waals surface area (Å²) in [6.45, 7) is 0. The van der Waals surface area contributed by atoms with Crippen molar-refractivity contribution in [1.29, 1.82) is 0 Å². The molecule has 2 heterocycles. The Balaban J connectivity index is 2.37. The molecular weight excluding hydrogens is 238 g/mol. The monoisotopic (exact) mass is 247 g/mol. The number of fused-ring (bicyclic) bond motifs is 1. The van der Waals surface area contributed by atoms with Gasteiger partial charge >= 0.3 is 0 Å². The number of hydrogen-bond acceptors (Lipinski definition) is 3. The van der Waals surface area contributed by atoms with Gasteiger partial charge in [0, 0.05) is 35.8 Å². The first-order valence-electron chi connectivity index (χ1n) is 5.13. The van der Waals surface area contributed by atoms with Gasteiger partial charge in [-0.25, -0.2) is 0 Å². The van der Waals surface area contributed by atoms with Gasteiger partial charge in [-0.3, -0.25) is 0 Å². The number of nitrogen functional groups attached to an aromatic ring is 1. The summed E-state index contributed by atoms with van der Waals surface area (Å²) in [5.74, 6) is 0.295. The van der Waals surface area contributed by atoms with Crippen molar-refractivity contribution in [2.75, 3.05) is 5.73 Å². The third kappa shape index (κ3) is 1.49. The Morgan fingerprint density at radius 1 is 1.41 bits per heavy atom. The quantitative estimate of drug-likeness (QED) is 0.719. The zero-order valence-electron chi connectivity index (χ0n) is 9.14. The van der Waals surface area contributed by atoms with Gasteiger partial charge in [0.15, 0.2) is 0 Å². The highest BCUT2D eigenvalue weighted by atomic mass is 35.5. The van der Waals surface area contributed by atoms with Gasteiger partial charge in [0.05, 0.1) is 5.02 Å². The molecule has 2 aromatic heterocycles. The fourth-order valence-electron chi connectivity index (χ4n) is 2.01. The molecule has 2 N–H and O–H groups in total. The van der Waals surface area contributed by atoms with E-state index in [2.05, 4.69) is 5.16 Å². The predicted molar refractivity (Wildman–Crippen MR) is 67.8 cm³/mol. The van der Waals surface area contributed by atoms with Crippen molar-refractivity contribution in [2.24, 2.45) is 7.05 Å². The van der Waals surface area contributed by atoms with Gasteiger partial charge in [0.2, 0.25) is 5.88 Å². The van der Waals surface area contributed by atoms with E-state index < -0.39 is 0 Å². The Kier molecular flexibility index (Phi) is 2.12. The topological polar surface area (TPSA) is 57.0 Å². The number of nitrogens with two attached hydrogens (primary N) is 1. The predicted octanol–water partition coefficient (Wildman–Crippen LogP) is 3.07. The normalized spacial score (nSPS) is 11.2. The van der Waals surface area contributed by atoms with E-state index in [0.717, 1.165) is 16.5 Å². The number of nitrogens with zero attached hydrogens (tertiary/aromatic N) is 2. The van der Waals surface area contributed by atoms with Gasteiger partial charge in [0.25, 0.3) is 0 Å². The van der Waals surface area contributed by atoms with Crippen LogP contribution in [0.3, 0.4) is 0 Å². The van der Waals surface area contributed by atoms with Gasteiger partial charge in [-0.05, 0) is 12.1 Å². The maximum absolute atomic E-state index is 6.23. The molecule has 0 aliphatic heterocycles. The second-order valence-electron chi connectivity index (χ2n) is 3.90. The number of aromatic nitrogens is 2. The van der Waals surface area contributed by atoms with E-state index in [0.29, 0.717) is 16.6 Å². The molecule has 0 aliphatic rings. The lowest BCUT2D eigenvalue weighted by Crippen LogP contribution is -1.82. The lowest BCUT2D eigenvalue weighted by Gasteiger charge is -1.97. The SMILES string of the molecule is Cn1cc(-c2cc(N)on2)c2c(Cl)cccc21. The fraction of sp³-hybridized carbons (Fsp3) is 0.0833. The summed E-state index contributed by atoms with van der Waals surface area (Å²) in [7, 11) is 1.96. The van der Waals surface area contributed by atoms with E-state index >= 15 is 0 Å². The number of rotatable bonds is 1. The molecule has 5 heteroatoms. The van der Waals surface area contributed by atoms with Gasteiger partial charge in [0.1, 0.15) is 5.69 Å². The minimum atomic E-state index is 0.295. The number of aryl methyl sites for hydroxylation is 1.